The Morgan fingerprint density at radius 3 is 2.77 bits per heavy atom. The van der Waals surface area contributed by atoms with Gasteiger partial charge in [0.15, 0.2) is 10.8 Å². The minimum Gasteiger partial charge on any atom is -0.457 e. The Kier molecular flexibility index (Phi) is 5.56. The van der Waals surface area contributed by atoms with Crippen LogP contribution >= 0.6 is 11.3 Å². The molecule has 1 N–H and O–H groups in total. The molecule has 1 amide bonds. The third-order valence-electron chi connectivity index (χ3n) is 4.22. The topological polar surface area (TPSA) is 68.3 Å². The van der Waals surface area contributed by atoms with Crippen molar-refractivity contribution in [1.82, 2.24) is 4.98 Å². The Hall–Kier alpha value is -1.43. The lowest BCUT2D eigenvalue weighted by atomic mass is 9.75. The minimum absolute atomic E-state index is 0.0397. The second kappa shape index (κ2) is 7.22. The van der Waals surface area contributed by atoms with Crippen molar-refractivity contribution in [3.05, 3.63) is 11.1 Å². The molecule has 0 saturated heterocycles. The van der Waals surface area contributed by atoms with Crippen LogP contribution in [0.5, 0.6) is 0 Å². The molecule has 0 aromatic carbocycles. The average Bonchev–Trinajstić information content (AvgIpc) is 2.86. The van der Waals surface area contributed by atoms with Crippen molar-refractivity contribution in [2.24, 2.45) is 17.8 Å². The number of thiazole rings is 1. The lowest BCUT2D eigenvalue weighted by molar-refractivity contribution is -0.114. The lowest BCUT2D eigenvalue weighted by Crippen LogP contribution is -2.35. The molecule has 2 rings (SSSR count). The SMILES string of the molecule is CC(=O)Nc1nc(C(=O)OC2CC(C)CCC2C(C)C)cs1. The fourth-order valence-electron chi connectivity index (χ4n) is 3.02. The van der Waals surface area contributed by atoms with E-state index in [-0.39, 0.29) is 17.7 Å². The van der Waals surface area contributed by atoms with E-state index in [2.05, 4.69) is 31.1 Å². The van der Waals surface area contributed by atoms with Crippen LogP contribution in [-0.4, -0.2) is 23.0 Å². The largest absolute Gasteiger partial charge is 0.457 e. The van der Waals surface area contributed by atoms with Gasteiger partial charge >= 0.3 is 5.97 Å². The van der Waals surface area contributed by atoms with E-state index in [4.69, 9.17) is 4.74 Å². The molecule has 6 heteroatoms. The molecule has 1 aromatic rings. The molecule has 1 aliphatic carbocycles. The molecule has 3 atom stereocenters. The van der Waals surface area contributed by atoms with Gasteiger partial charge in [0.2, 0.25) is 5.91 Å². The fraction of sp³-hybridized carbons (Fsp3) is 0.688. The number of amides is 1. The number of esters is 1. The van der Waals surface area contributed by atoms with Crippen LogP contribution in [0.2, 0.25) is 0 Å². The molecule has 122 valence electrons. The lowest BCUT2D eigenvalue weighted by Gasteiger charge is -2.36. The highest BCUT2D eigenvalue weighted by Gasteiger charge is 2.34. The number of anilines is 1. The molecule has 0 aliphatic heterocycles. The first-order chi connectivity index (χ1) is 10.4. The zero-order valence-electron chi connectivity index (χ0n) is 13.6. The molecule has 0 spiro atoms. The number of carbonyl (C=O) groups excluding carboxylic acids is 2. The fourth-order valence-corrected chi connectivity index (χ4v) is 3.75. The van der Waals surface area contributed by atoms with Gasteiger partial charge < -0.3 is 10.1 Å². The van der Waals surface area contributed by atoms with Crippen LogP contribution in [0.15, 0.2) is 5.38 Å². The number of ether oxygens (including phenoxy) is 1. The quantitative estimate of drug-likeness (QED) is 0.857. The Balaban J connectivity index is 2.02. The highest BCUT2D eigenvalue weighted by Crippen LogP contribution is 2.35. The van der Waals surface area contributed by atoms with Gasteiger partial charge in [-0.15, -0.1) is 11.3 Å². The Morgan fingerprint density at radius 1 is 1.41 bits per heavy atom. The maximum Gasteiger partial charge on any atom is 0.358 e. The summed E-state index contributed by atoms with van der Waals surface area (Å²) in [4.78, 5) is 27.4. The molecular formula is C16H24N2O3S. The van der Waals surface area contributed by atoms with E-state index in [0.29, 0.717) is 22.9 Å². The van der Waals surface area contributed by atoms with Crippen LogP contribution in [0.1, 0.15) is 57.4 Å². The second-order valence-electron chi connectivity index (χ2n) is 6.49. The number of hydrogen-bond donors (Lipinski definition) is 1. The van der Waals surface area contributed by atoms with E-state index in [9.17, 15) is 9.59 Å². The molecule has 3 unspecified atom stereocenters. The van der Waals surface area contributed by atoms with E-state index >= 15 is 0 Å². The van der Waals surface area contributed by atoms with Crippen molar-refractivity contribution >= 4 is 28.3 Å². The predicted octanol–water partition coefficient (Wildman–Crippen LogP) is 3.72. The van der Waals surface area contributed by atoms with E-state index in [0.717, 1.165) is 12.8 Å². The normalized spacial score (nSPS) is 25.0. The second-order valence-corrected chi connectivity index (χ2v) is 7.35. The van der Waals surface area contributed by atoms with E-state index in [1.54, 1.807) is 5.38 Å². The van der Waals surface area contributed by atoms with Gasteiger partial charge in [-0.1, -0.05) is 27.2 Å². The van der Waals surface area contributed by atoms with Crippen molar-refractivity contribution in [1.29, 1.82) is 0 Å². The van der Waals surface area contributed by atoms with Crippen molar-refractivity contribution in [3.63, 3.8) is 0 Å². The summed E-state index contributed by atoms with van der Waals surface area (Å²) in [5.74, 6) is 0.898. The first-order valence-electron chi connectivity index (χ1n) is 7.81. The summed E-state index contributed by atoms with van der Waals surface area (Å²) in [7, 11) is 0. The molecule has 1 aromatic heterocycles. The van der Waals surface area contributed by atoms with Crippen LogP contribution in [-0.2, 0) is 9.53 Å². The number of hydrogen-bond acceptors (Lipinski definition) is 5. The summed E-state index contributed by atoms with van der Waals surface area (Å²) in [6, 6.07) is 0. The molecule has 1 heterocycles. The van der Waals surface area contributed by atoms with E-state index in [1.165, 1.54) is 24.7 Å². The highest BCUT2D eigenvalue weighted by atomic mass is 32.1. The Morgan fingerprint density at radius 2 is 2.14 bits per heavy atom. The zero-order valence-corrected chi connectivity index (χ0v) is 14.4. The smallest absolute Gasteiger partial charge is 0.358 e. The zero-order chi connectivity index (χ0) is 16.3. The molecule has 0 radical (unpaired) electrons. The number of carbonyl (C=O) groups is 2. The van der Waals surface area contributed by atoms with E-state index in [1.807, 2.05) is 0 Å². The summed E-state index contributed by atoms with van der Waals surface area (Å²) in [5, 5.41) is 4.64. The van der Waals surface area contributed by atoms with Gasteiger partial charge in [0, 0.05) is 12.3 Å². The summed E-state index contributed by atoms with van der Waals surface area (Å²) in [5.41, 5.74) is 0.273. The van der Waals surface area contributed by atoms with Gasteiger partial charge in [-0.05, 0) is 30.6 Å². The van der Waals surface area contributed by atoms with Crippen LogP contribution in [0.3, 0.4) is 0 Å². The Bertz CT molecular complexity index is 541. The van der Waals surface area contributed by atoms with Gasteiger partial charge in [-0.3, -0.25) is 4.79 Å². The maximum absolute atomic E-state index is 12.3. The van der Waals surface area contributed by atoms with Gasteiger partial charge in [-0.2, -0.15) is 0 Å². The van der Waals surface area contributed by atoms with Crippen LogP contribution in [0.25, 0.3) is 0 Å². The maximum atomic E-state index is 12.3. The van der Waals surface area contributed by atoms with Gasteiger partial charge in [0.05, 0.1) is 0 Å². The Labute approximate surface area is 135 Å². The molecule has 1 aliphatic rings. The first-order valence-corrected chi connectivity index (χ1v) is 8.69. The van der Waals surface area contributed by atoms with Gasteiger partial charge in [0.1, 0.15) is 6.10 Å². The van der Waals surface area contributed by atoms with Crippen LogP contribution < -0.4 is 5.32 Å². The van der Waals surface area contributed by atoms with E-state index < -0.39 is 5.97 Å². The molecule has 1 fully saturated rings. The molecule has 1 saturated carbocycles. The van der Waals surface area contributed by atoms with Crippen LogP contribution in [0, 0.1) is 17.8 Å². The third kappa shape index (κ3) is 4.29. The first kappa shape index (κ1) is 16.9. The standard InChI is InChI=1S/C16H24N2O3S/c1-9(2)12-6-5-10(3)7-14(12)21-15(20)13-8-22-16(18-13)17-11(4)19/h8-10,12,14H,5-7H2,1-4H3,(H,17,18,19). The van der Waals surface area contributed by atoms with Crippen molar-refractivity contribution < 1.29 is 14.3 Å². The minimum atomic E-state index is -0.391. The third-order valence-corrected chi connectivity index (χ3v) is 4.97. The van der Waals surface area contributed by atoms with Gasteiger partial charge in [-0.25, -0.2) is 9.78 Å². The van der Waals surface area contributed by atoms with Crippen molar-refractivity contribution in [2.45, 2.75) is 53.1 Å². The molecule has 0 bridgehead atoms. The summed E-state index contributed by atoms with van der Waals surface area (Å²) in [6.07, 6.45) is 3.17. The molecule has 22 heavy (non-hydrogen) atoms. The number of aromatic nitrogens is 1. The summed E-state index contributed by atoms with van der Waals surface area (Å²) < 4.78 is 5.73. The summed E-state index contributed by atoms with van der Waals surface area (Å²) >= 11 is 1.23. The number of rotatable bonds is 4. The highest BCUT2D eigenvalue weighted by molar-refractivity contribution is 7.14. The van der Waals surface area contributed by atoms with Gasteiger partial charge in [0.25, 0.3) is 0 Å². The molecule has 5 nitrogen and oxygen atoms in total. The predicted molar refractivity (Wildman–Crippen MR) is 87.0 cm³/mol. The monoisotopic (exact) mass is 324 g/mol. The number of nitrogens with one attached hydrogen (secondary N) is 1. The molecular weight excluding hydrogens is 300 g/mol. The number of nitrogens with zero attached hydrogens (tertiary/aromatic N) is 1. The van der Waals surface area contributed by atoms with Crippen molar-refractivity contribution in [2.75, 3.05) is 5.32 Å². The average molecular weight is 324 g/mol. The summed E-state index contributed by atoms with van der Waals surface area (Å²) in [6.45, 7) is 7.98. The van der Waals surface area contributed by atoms with Crippen LogP contribution in [0.4, 0.5) is 5.13 Å². The van der Waals surface area contributed by atoms with Crippen molar-refractivity contribution in [3.8, 4) is 0 Å².